The monoisotopic (exact) mass is 471 g/mol. The van der Waals surface area contributed by atoms with Crippen molar-refractivity contribution in [3.63, 3.8) is 0 Å². The molecule has 2 aliphatic heterocycles. The fourth-order valence-electron chi connectivity index (χ4n) is 4.14. The quantitative estimate of drug-likeness (QED) is 0.653. The second-order valence-electron chi connectivity index (χ2n) is 8.06. The van der Waals surface area contributed by atoms with Gasteiger partial charge in [-0.05, 0) is 31.4 Å². The Morgan fingerprint density at radius 3 is 2.39 bits per heavy atom. The predicted molar refractivity (Wildman–Crippen MR) is 119 cm³/mol. The Bertz CT molecular complexity index is 894. The fraction of sp³-hybridized carbons (Fsp3) is 0.619. The lowest BCUT2D eigenvalue weighted by Gasteiger charge is -2.43. The van der Waals surface area contributed by atoms with E-state index in [9.17, 15) is 18.0 Å². The second kappa shape index (κ2) is 10.3. The molecule has 2 aliphatic rings. The molecule has 0 bridgehead atoms. The second-order valence-corrected chi connectivity index (χ2v) is 10.6. The van der Waals surface area contributed by atoms with E-state index in [0.29, 0.717) is 56.2 Å². The summed E-state index contributed by atoms with van der Waals surface area (Å²) in [6.07, 6.45) is 1.26. The van der Waals surface area contributed by atoms with Crippen LogP contribution in [0.15, 0.2) is 24.3 Å². The van der Waals surface area contributed by atoms with E-state index in [-0.39, 0.29) is 37.2 Å². The highest BCUT2D eigenvalue weighted by atomic mass is 35.5. The zero-order valence-electron chi connectivity index (χ0n) is 17.8. The van der Waals surface area contributed by atoms with Crippen LogP contribution in [0, 0.1) is 5.41 Å². The highest BCUT2D eigenvalue weighted by molar-refractivity contribution is 7.89. The van der Waals surface area contributed by atoms with Gasteiger partial charge in [0.1, 0.15) is 0 Å². The van der Waals surface area contributed by atoms with Gasteiger partial charge in [-0.25, -0.2) is 12.7 Å². The molecule has 2 heterocycles. The van der Waals surface area contributed by atoms with Crippen LogP contribution in [0.2, 0.25) is 5.02 Å². The molecule has 1 N–H and O–H groups in total. The van der Waals surface area contributed by atoms with Crippen LogP contribution in [0.3, 0.4) is 0 Å². The summed E-state index contributed by atoms with van der Waals surface area (Å²) in [5.74, 6) is -0.302. The molecule has 0 spiro atoms. The summed E-state index contributed by atoms with van der Waals surface area (Å²) in [4.78, 5) is 28.0. The van der Waals surface area contributed by atoms with Gasteiger partial charge in [-0.15, -0.1) is 0 Å². The lowest BCUT2D eigenvalue weighted by molar-refractivity contribution is -0.148. The minimum absolute atomic E-state index is 0.0530. The van der Waals surface area contributed by atoms with Crippen LogP contribution in [0.5, 0.6) is 0 Å². The minimum Gasteiger partial charge on any atom is -0.378 e. The average Bonchev–Trinajstić information content (AvgIpc) is 2.78. The normalized spacial score (nSPS) is 19.7. The standard InChI is InChI=1S/C21H30ClN3O5S/c1-2-15-31(28,29)25-9-7-21(8-10-25,20(27)24-11-13-30-14-12-24)16-23-19(26)17-5-3-4-6-18(17)22/h3-6H,2,7-16H2,1H3,(H,23,26). The van der Waals surface area contributed by atoms with Crippen molar-refractivity contribution in [3.05, 3.63) is 34.9 Å². The lowest BCUT2D eigenvalue weighted by Crippen LogP contribution is -2.57. The van der Waals surface area contributed by atoms with Crippen molar-refractivity contribution >= 4 is 33.4 Å². The Morgan fingerprint density at radius 1 is 1.13 bits per heavy atom. The molecule has 2 saturated heterocycles. The summed E-state index contributed by atoms with van der Waals surface area (Å²) < 4.78 is 31.8. The molecule has 1 aromatic carbocycles. The summed E-state index contributed by atoms with van der Waals surface area (Å²) in [7, 11) is -3.33. The third-order valence-electron chi connectivity index (χ3n) is 5.99. The van der Waals surface area contributed by atoms with Gasteiger partial charge in [0.2, 0.25) is 15.9 Å². The number of carbonyl (C=O) groups is 2. The van der Waals surface area contributed by atoms with Crippen molar-refractivity contribution in [1.29, 1.82) is 0 Å². The van der Waals surface area contributed by atoms with Gasteiger partial charge in [-0.3, -0.25) is 9.59 Å². The SMILES string of the molecule is CCCS(=O)(=O)N1CCC(CNC(=O)c2ccccc2Cl)(C(=O)N2CCOCC2)CC1. The van der Waals surface area contributed by atoms with Crippen molar-refractivity contribution in [2.45, 2.75) is 26.2 Å². The number of piperidine rings is 1. The first kappa shape index (κ1) is 24.0. The molecule has 0 aromatic heterocycles. The van der Waals surface area contributed by atoms with Crippen LogP contribution in [-0.4, -0.2) is 81.1 Å². The molecule has 31 heavy (non-hydrogen) atoms. The molecule has 8 nitrogen and oxygen atoms in total. The van der Waals surface area contributed by atoms with Crippen molar-refractivity contribution in [3.8, 4) is 0 Å². The van der Waals surface area contributed by atoms with Gasteiger partial charge in [-0.1, -0.05) is 30.7 Å². The smallest absolute Gasteiger partial charge is 0.252 e. The molecule has 2 fully saturated rings. The van der Waals surface area contributed by atoms with Crippen molar-refractivity contribution < 1.29 is 22.7 Å². The van der Waals surface area contributed by atoms with Crippen molar-refractivity contribution in [1.82, 2.24) is 14.5 Å². The van der Waals surface area contributed by atoms with E-state index in [4.69, 9.17) is 16.3 Å². The molecule has 1 aromatic rings. The summed E-state index contributed by atoms with van der Waals surface area (Å²) in [5.41, 5.74) is -0.506. The van der Waals surface area contributed by atoms with Crippen LogP contribution < -0.4 is 5.32 Å². The van der Waals surface area contributed by atoms with Crippen LogP contribution in [-0.2, 0) is 19.6 Å². The predicted octanol–water partition coefficient (Wildman–Crippen LogP) is 1.75. The van der Waals surface area contributed by atoms with Crippen LogP contribution in [0.25, 0.3) is 0 Å². The van der Waals surface area contributed by atoms with Gasteiger partial charge in [0.05, 0.1) is 35.0 Å². The van der Waals surface area contributed by atoms with Gasteiger partial charge < -0.3 is 15.0 Å². The Morgan fingerprint density at radius 2 is 1.77 bits per heavy atom. The third kappa shape index (κ3) is 5.58. The van der Waals surface area contributed by atoms with Crippen molar-refractivity contribution in [2.75, 3.05) is 51.7 Å². The Balaban J connectivity index is 1.76. The van der Waals surface area contributed by atoms with Gasteiger partial charge in [-0.2, -0.15) is 0 Å². The first-order valence-electron chi connectivity index (χ1n) is 10.7. The van der Waals surface area contributed by atoms with E-state index >= 15 is 0 Å². The molecule has 10 heteroatoms. The number of benzene rings is 1. The largest absolute Gasteiger partial charge is 0.378 e. The van der Waals surface area contributed by atoms with E-state index < -0.39 is 15.4 Å². The first-order chi connectivity index (χ1) is 14.8. The average molecular weight is 472 g/mol. The number of ether oxygens (including phenoxy) is 1. The van der Waals surface area contributed by atoms with E-state index in [1.54, 1.807) is 29.2 Å². The van der Waals surface area contributed by atoms with E-state index in [0.717, 1.165) is 0 Å². The maximum absolute atomic E-state index is 13.5. The number of halogens is 1. The third-order valence-corrected chi connectivity index (χ3v) is 8.40. The molecule has 0 aliphatic carbocycles. The number of carbonyl (C=O) groups excluding carboxylic acids is 2. The summed E-state index contributed by atoms with van der Waals surface area (Å²) in [6, 6.07) is 6.75. The highest BCUT2D eigenvalue weighted by Gasteiger charge is 2.45. The molecule has 0 saturated carbocycles. The molecule has 0 unspecified atom stereocenters. The number of rotatable bonds is 7. The molecule has 3 rings (SSSR count). The summed E-state index contributed by atoms with van der Waals surface area (Å²) >= 11 is 6.14. The number of morpholine rings is 1. The summed E-state index contributed by atoms with van der Waals surface area (Å²) in [5, 5.41) is 3.22. The topological polar surface area (TPSA) is 96.0 Å². The molecular formula is C21H30ClN3O5S. The zero-order valence-corrected chi connectivity index (χ0v) is 19.4. The number of nitrogens with zero attached hydrogens (tertiary/aromatic N) is 2. The molecule has 0 atom stereocenters. The Labute approximate surface area is 188 Å². The van der Waals surface area contributed by atoms with Crippen molar-refractivity contribution in [2.24, 2.45) is 5.41 Å². The minimum atomic E-state index is -3.33. The number of hydrogen-bond acceptors (Lipinski definition) is 5. The van der Waals surface area contributed by atoms with Crippen LogP contribution >= 0.6 is 11.6 Å². The van der Waals surface area contributed by atoms with Gasteiger partial charge >= 0.3 is 0 Å². The number of nitrogens with one attached hydrogen (secondary N) is 1. The lowest BCUT2D eigenvalue weighted by atomic mass is 9.77. The Kier molecular flexibility index (Phi) is 7.96. The number of hydrogen-bond donors (Lipinski definition) is 1. The number of sulfonamides is 1. The summed E-state index contributed by atoms with van der Waals surface area (Å²) in [6.45, 7) is 4.44. The molecular weight excluding hydrogens is 442 g/mol. The van der Waals surface area contributed by atoms with E-state index in [2.05, 4.69) is 5.32 Å². The maximum Gasteiger partial charge on any atom is 0.252 e. The fourth-order valence-corrected chi connectivity index (χ4v) is 5.87. The van der Waals surface area contributed by atoms with Gasteiger partial charge in [0.25, 0.3) is 5.91 Å². The van der Waals surface area contributed by atoms with Crippen LogP contribution in [0.1, 0.15) is 36.5 Å². The molecule has 172 valence electrons. The van der Waals surface area contributed by atoms with Gasteiger partial charge in [0, 0.05) is 32.7 Å². The number of amides is 2. The maximum atomic E-state index is 13.5. The van der Waals surface area contributed by atoms with Gasteiger partial charge in [0.15, 0.2) is 0 Å². The zero-order chi connectivity index (χ0) is 22.5. The first-order valence-corrected chi connectivity index (χ1v) is 12.7. The molecule has 2 amide bonds. The van der Waals surface area contributed by atoms with E-state index in [1.165, 1.54) is 4.31 Å². The molecule has 0 radical (unpaired) electrons. The van der Waals surface area contributed by atoms with Crippen LogP contribution in [0.4, 0.5) is 0 Å². The highest BCUT2D eigenvalue weighted by Crippen LogP contribution is 2.35. The van der Waals surface area contributed by atoms with E-state index in [1.807, 2.05) is 6.92 Å². The Hall–Kier alpha value is -1.68.